The first-order valence-corrected chi connectivity index (χ1v) is 6.18. The third-order valence-electron chi connectivity index (χ3n) is 2.45. The van der Waals surface area contributed by atoms with Gasteiger partial charge >= 0.3 is 6.16 Å². The van der Waals surface area contributed by atoms with Gasteiger partial charge in [0.05, 0.1) is 24.9 Å². The number of pyridine rings is 1. The Morgan fingerprint density at radius 1 is 1.35 bits per heavy atom. The Balaban J connectivity index is 2.07. The molecule has 2 aromatic heterocycles. The van der Waals surface area contributed by atoms with Crippen molar-refractivity contribution < 1.29 is 23.7 Å². The molecule has 7 heteroatoms. The minimum absolute atomic E-state index is 0.262. The second-order valence-corrected chi connectivity index (χ2v) is 3.87. The molecule has 2 heterocycles. The number of methoxy groups -OCH3 is 1. The van der Waals surface area contributed by atoms with Gasteiger partial charge in [-0.05, 0) is 6.92 Å². The van der Waals surface area contributed by atoms with Crippen LogP contribution in [0.3, 0.4) is 0 Å². The van der Waals surface area contributed by atoms with Gasteiger partial charge in [0.1, 0.15) is 6.61 Å². The molecule has 7 nitrogen and oxygen atoms in total. The number of aromatic amines is 1. The highest BCUT2D eigenvalue weighted by Crippen LogP contribution is 2.23. The average molecular weight is 280 g/mol. The molecule has 0 saturated heterocycles. The third-order valence-corrected chi connectivity index (χ3v) is 2.45. The Hall–Kier alpha value is -2.28. The molecule has 20 heavy (non-hydrogen) atoms. The first-order chi connectivity index (χ1) is 9.72. The van der Waals surface area contributed by atoms with Gasteiger partial charge in [0.15, 0.2) is 0 Å². The number of nitrogens with one attached hydrogen (secondary N) is 1. The molecule has 0 amide bonds. The number of carbonyl (C=O) groups is 1. The van der Waals surface area contributed by atoms with Crippen molar-refractivity contribution in [2.24, 2.45) is 0 Å². The lowest BCUT2D eigenvalue weighted by atomic mass is 10.3. The van der Waals surface area contributed by atoms with E-state index < -0.39 is 6.16 Å². The normalized spacial score (nSPS) is 10.5. The maximum atomic E-state index is 11.2. The Labute approximate surface area is 115 Å². The molecule has 1 N–H and O–H groups in total. The lowest BCUT2D eigenvalue weighted by Crippen LogP contribution is -2.09. The van der Waals surface area contributed by atoms with Crippen LogP contribution in [0.15, 0.2) is 18.3 Å². The van der Waals surface area contributed by atoms with Gasteiger partial charge in [-0.3, -0.25) is 0 Å². The van der Waals surface area contributed by atoms with E-state index in [9.17, 15) is 4.79 Å². The van der Waals surface area contributed by atoms with Gasteiger partial charge in [-0.15, -0.1) is 0 Å². The fraction of sp³-hybridized carbons (Fsp3) is 0.385. The number of carbonyl (C=O) groups excluding carboxylic acids is 1. The first kappa shape index (κ1) is 14.1. The second-order valence-electron chi connectivity index (χ2n) is 3.87. The van der Waals surface area contributed by atoms with Crippen molar-refractivity contribution in [1.82, 2.24) is 9.97 Å². The molecule has 0 aliphatic rings. The van der Waals surface area contributed by atoms with Crippen LogP contribution >= 0.6 is 0 Å². The number of aromatic nitrogens is 2. The highest BCUT2D eigenvalue weighted by molar-refractivity contribution is 5.82. The SMILES string of the molecule is CCOC(=O)Oc1cc2cc(OCCOC)ncc2[nH]1. The zero-order chi connectivity index (χ0) is 14.4. The number of hydrogen-bond acceptors (Lipinski definition) is 6. The van der Waals surface area contributed by atoms with E-state index in [0.29, 0.717) is 25.0 Å². The Morgan fingerprint density at radius 3 is 2.95 bits per heavy atom. The van der Waals surface area contributed by atoms with E-state index in [1.807, 2.05) is 0 Å². The molecule has 0 unspecified atom stereocenters. The number of rotatable bonds is 6. The monoisotopic (exact) mass is 280 g/mol. The van der Waals surface area contributed by atoms with Gasteiger partial charge in [-0.1, -0.05) is 0 Å². The number of ether oxygens (including phenoxy) is 4. The van der Waals surface area contributed by atoms with Crippen molar-refractivity contribution in [2.45, 2.75) is 6.92 Å². The predicted octanol–water partition coefficient (Wildman–Crippen LogP) is 2.12. The van der Waals surface area contributed by atoms with Crippen LogP contribution < -0.4 is 9.47 Å². The van der Waals surface area contributed by atoms with Crippen molar-refractivity contribution >= 4 is 17.1 Å². The van der Waals surface area contributed by atoms with Gasteiger partial charge in [-0.25, -0.2) is 9.78 Å². The summed E-state index contributed by atoms with van der Waals surface area (Å²) >= 11 is 0. The number of nitrogens with zero attached hydrogens (tertiary/aromatic N) is 1. The summed E-state index contributed by atoms with van der Waals surface area (Å²) in [7, 11) is 1.60. The molecule has 0 aliphatic heterocycles. The minimum atomic E-state index is -0.747. The number of hydrogen-bond donors (Lipinski definition) is 1. The highest BCUT2D eigenvalue weighted by Gasteiger charge is 2.09. The highest BCUT2D eigenvalue weighted by atomic mass is 16.7. The van der Waals surface area contributed by atoms with E-state index in [-0.39, 0.29) is 6.61 Å². The predicted molar refractivity (Wildman–Crippen MR) is 71.1 cm³/mol. The topological polar surface area (TPSA) is 82.7 Å². The van der Waals surface area contributed by atoms with E-state index >= 15 is 0 Å². The lowest BCUT2D eigenvalue weighted by Gasteiger charge is -2.03. The zero-order valence-corrected chi connectivity index (χ0v) is 11.3. The van der Waals surface area contributed by atoms with Crippen LogP contribution in [-0.2, 0) is 9.47 Å². The largest absolute Gasteiger partial charge is 0.515 e. The van der Waals surface area contributed by atoms with Gasteiger partial charge in [0.25, 0.3) is 0 Å². The molecule has 0 spiro atoms. The molecule has 0 saturated carbocycles. The summed E-state index contributed by atoms with van der Waals surface area (Å²) in [6, 6.07) is 3.43. The third kappa shape index (κ3) is 3.61. The summed E-state index contributed by atoms with van der Waals surface area (Å²) in [5.74, 6) is 0.783. The van der Waals surface area contributed by atoms with Crippen LogP contribution in [0.2, 0.25) is 0 Å². The fourth-order valence-corrected chi connectivity index (χ4v) is 1.59. The summed E-state index contributed by atoms with van der Waals surface area (Å²) in [4.78, 5) is 18.3. The van der Waals surface area contributed by atoms with Crippen molar-refractivity contribution in [3.8, 4) is 11.8 Å². The summed E-state index contributed by atoms with van der Waals surface area (Å²) in [6.07, 6.45) is 0.860. The van der Waals surface area contributed by atoms with E-state index in [1.54, 1.807) is 32.4 Å². The quantitative estimate of drug-likeness (QED) is 0.644. The van der Waals surface area contributed by atoms with E-state index in [0.717, 1.165) is 10.9 Å². The van der Waals surface area contributed by atoms with Crippen molar-refractivity contribution in [2.75, 3.05) is 26.9 Å². The van der Waals surface area contributed by atoms with Crippen molar-refractivity contribution in [3.05, 3.63) is 18.3 Å². The standard InChI is InChI=1S/C13H16N2O5/c1-3-18-13(16)20-12-7-9-6-11(19-5-4-17-2)14-8-10(9)15-12/h6-8,15H,3-5H2,1-2H3. The molecule has 0 aliphatic carbocycles. The maximum Gasteiger partial charge on any atom is 0.515 e. The average Bonchev–Trinajstić information content (AvgIpc) is 2.80. The summed E-state index contributed by atoms with van der Waals surface area (Å²) in [5.41, 5.74) is 0.739. The Morgan fingerprint density at radius 2 is 2.20 bits per heavy atom. The molecule has 0 bridgehead atoms. The van der Waals surface area contributed by atoms with E-state index in [1.165, 1.54) is 0 Å². The Kier molecular flexibility index (Phi) is 4.78. The van der Waals surface area contributed by atoms with E-state index in [2.05, 4.69) is 9.97 Å². The summed E-state index contributed by atoms with van der Waals surface area (Å²) in [5, 5.41) is 0.826. The lowest BCUT2D eigenvalue weighted by molar-refractivity contribution is 0.103. The van der Waals surface area contributed by atoms with Gasteiger partial charge in [-0.2, -0.15) is 0 Å². The molecule has 2 rings (SSSR count). The summed E-state index contributed by atoms with van der Waals surface area (Å²) in [6.45, 7) is 2.88. The van der Waals surface area contributed by atoms with Crippen LogP contribution in [0.25, 0.3) is 10.9 Å². The van der Waals surface area contributed by atoms with E-state index in [4.69, 9.17) is 18.9 Å². The van der Waals surface area contributed by atoms with Gasteiger partial charge in [0.2, 0.25) is 11.8 Å². The molecule has 0 atom stereocenters. The molecule has 2 aromatic rings. The summed E-state index contributed by atoms with van der Waals surface area (Å²) < 4.78 is 20.0. The number of fused-ring (bicyclic) bond motifs is 1. The van der Waals surface area contributed by atoms with Crippen LogP contribution in [-0.4, -0.2) is 43.1 Å². The smallest absolute Gasteiger partial charge is 0.475 e. The Bertz CT molecular complexity index is 581. The van der Waals surface area contributed by atoms with Crippen molar-refractivity contribution in [1.29, 1.82) is 0 Å². The molecule has 0 fully saturated rings. The van der Waals surface area contributed by atoms with Crippen LogP contribution in [0.1, 0.15) is 6.92 Å². The first-order valence-electron chi connectivity index (χ1n) is 6.18. The molecule has 0 radical (unpaired) electrons. The molecule has 108 valence electrons. The van der Waals surface area contributed by atoms with Crippen LogP contribution in [0, 0.1) is 0 Å². The van der Waals surface area contributed by atoms with Crippen LogP contribution in [0.4, 0.5) is 4.79 Å². The molecular formula is C13H16N2O5. The fourth-order valence-electron chi connectivity index (χ4n) is 1.59. The van der Waals surface area contributed by atoms with Gasteiger partial charge in [0, 0.05) is 24.6 Å². The minimum Gasteiger partial charge on any atom is -0.475 e. The molecular weight excluding hydrogens is 264 g/mol. The molecule has 0 aromatic carbocycles. The van der Waals surface area contributed by atoms with Crippen LogP contribution in [0.5, 0.6) is 11.8 Å². The number of H-pyrrole nitrogens is 1. The maximum absolute atomic E-state index is 11.2. The zero-order valence-electron chi connectivity index (χ0n) is 11.3. The van der Waals surface area contributed by atoms with Gasteiger partial charge < -0.3 is 23.9 Å². The second kappa shape index (κ2) is 6.76. The van der Waals surface area contributed by atoms with Crippen molar-refractivity contribution in [3.63, 3.8) is 0 Å².